The first-order valence-electron chi connectivity index (χ1n) is 9.02. The Labute approximate surface area is 168 Å². The second-order valence-corrected chi connectivity index (χ2v) is 8.07. The minimum Gasteiger partial charge on any atom is -0.455 e. The maximum atomic E-state index is 11.9. The van der Waals surface area contributed by atoms with Crippen molar-refractivity contribution >= 4 is 46.8 Å². The summed E-state index contributed by atoms with van der Waals surface area (Å²) >= 11 is 6.92. The molecule has 0 radical (unpaired) electrons. The average Bonchev–Trinajstić information content (AvgIpc) is 2.64. The molecule has 1 aliphatic carbocycles. The Kier molecular flexibility index (Phi) is 8.94. The van der Waals surface area contributed by atoms with Crippen LogP contribution in [0.15, 0.2) is 24.3 Å². The van der Waals surface area contributed by atoms with Gasteiger partial charge >= 0.3 is 5.97 Å². The third-order valence-corrected chi connectivity index (χ3v) is 5.56. The summed E-state index contributed by atoms with van der Waals surface area (Å²) in [6.45, 7) is 1.85. The van der Waals surface area contributed by atoms with Gasteiger partial charge in [-0.2, -0.15) is 0 Å². The van der Waals surface area contributed by atoms with Gasteiger partial charge in [0, 0.05) is 16.8 Å². The summed E-state index contributed by atoms with van der Waals surface area (Å²) in [5.41, 5.74) is 0.640. The standard InChI is InChI=1S/C19H25ClN2O4S/c1-13-4-2-3-5-16(13)22-17(23)10-26-19(25)12-27-11-18(24)21-15-8-6-14(20)7-9-15/h6-9,13,16H,2-5,10-12H2,1H3,(H,21,24)(H,22,23)/t13-,16-/m1/s1. The SMILES string of the molecule is C[C@@H]1CCCC[C@H]1NC(=O)COC(=O)CSCC(=O)Nc1ccc(Cl)cc1. The van der Waals surface area contributed by atoms with Crippen molar-refractivity contribution in [2.24, 2.45) is 5.92 Å². The van der Waals surface area contributed by atoms with E-state index in [0.29, 0.717) is 16.6 Å². The van der Waals surface area contributed by atoms with Gasteiger partial charge in [0.05, 0.1) is 11.5 Å². The van der Waals surface area contributed by atoms with Gasteiger partial charge in [-0.05, 0) is 43.0 Å². The maximum Gasteiger partial charge on any atom is 0.316 e. The first-order valence-corrected chi connectivity index (χ1v) is 10.6. The number of hydrogen-bond donors (Lipinski definition) is 2. The zero-order chi connectivity index (χ0) is 19.6. The van der Waals surface area contributed by atoms with E-state index in [9.17, 15) is 14.4 Å². The highest BCUT2D eigenvalue weighted by Gasteiger charge is 2.23. The van der Waals surface area contributed by atoms with Gasteiger partial charge in [-0.25, -0.2) is 0 Å². The minimum atomic E-state index is -0.508. The Morgan fingerprint density at radius 3 is 2.52 bits per heavy atom. The number of esters is 1. The number of benzene rings is 1. The predicted molar refractivity (Wildman–Crippen MR) is 108 cm³/mol. The lowest BCUT2D eigenvalue weighted by Gasteiger charge is -2.29. The smallest absolute Gasteiger partial charge is 0.316 e. The van der Waals surface area contributed by atoms with Gasteiger partial charge in [-0.1, -0.05) is 31.4 Å². The van der Waals surface area contributed by atoms with Crippen molar-refractivity contribution < 1.29 is 19.1 Å². The van der Waals surface area contributed by atoms with Gasteiger partial charge in [0.2, 0.25) is 5.91 Å². The Morgan fingerprint density at radius 2 is 1.81 bits per heavy atom. The Hall–Kier alpha value is -1.73. The van der Waals surface area contributed by atoms with Crippen molar-refractivity contribution in [3.05, 3.63) is 29.3 Å². The molecule has 0 aromatic heterocycles. The predicted octanol–water partition coefficient (Wildman–Crippen LogP) is 3.25. The van der Waals surface area contributed by atoms with Crippen LogP contribution < -0.4 is 10.6 Å². The van der Waals surface area contributed by atoms with Crippen molar-refractivity contribution in [1.82, 2.24) is 5.32 Å². The van der Waals surface area contributed by atoms with Gasteiger partial charge in [-0.3, -0.25) is 14.4 Å². The molecule has 1 saturated carbocycles. The molecule has 2 rings (SSSR count). The lowest BCUT2D eigenvalue weighted by molar-refractivity contribution is -0.146. The number of hydrogen-bond acceptors (Lipinski definition) is 5. The van der Waals surface area contributed by atoms with Crippen LogP contribution >= 0.6 is 23.4 Å². The number of anilines is 1. The molecule has 1 aromatic rings. The summed E-state index contributed by atoms with van der Waals surface area (Å²) in [5.74, 6) is -0.420. The lowest BCUT2D eigenvalue weighted by Crippen LogP contribution is -2.43. The molecule has 2 amide bonds. The van der Waals surface area contributed by atoms with E-state index < -0.39 is 5.97 Å². The molecule has 0 bridgehead atoms. The van der Waals surface area contributed by atoms with E-state index in [4.69, 9.17) is 16.3 Å². The number of ether oxygens (including phenoxy) is 1. The Balaban J connectivity index is 1.58. The molecule has 1 aromatic carbocycles. The van der Waals surface area contributed by atoms with E-state index in [1.807, 2.05) is 0 Å². The van der Waals surface area contributed by atoms with Crippen LogP contribution in [0.2, 0.25) is 5.02 Å². The second kappa shape index (κ2) is 11.2. The molecule has 0 aliphatic heterocycles. The van der Waals surface area contributed by atoms with Crippen LogP contribution in [0.3, 0.4) is 0 Å². The first-order chi connectivity index (χ1) is 12.9. The topological polar surface area (TPSA) is 84.5 Å². The molecule has 0 heterocycles. The Morgan fingerprint density at radius 1 is 1.11 bits per heavy atom. The summed E-state index contributed by atoms with van der Waals surface area (Å²) in [5, 5.41) is 6.23. The minimum absolute atomic E-state index is 0.0150. The molecule has 6 nitrogen and oxygen atoms in total. The van der Waals surface area contributed by atoms with E-state index >= 15 is 0 Å². The number of rotatable bonds is 8. The van der Waals surface area contributed by atoms with Crippen LogP contribution in [0.25, 0.3) is 0 Å². The van der Waals surface area contributed by atoms with Gasteiger partial charge in [0.1, 0.15) is 0 Å². The van der Waals surface area contributed by atoms with Crippen LogP contribution in [-0.4, -0.2) is 41.9 Å². The van der Waals surface area contributed by atoms with E-state index in [2.05, 4.69) is 17.6 Å². The van der Waals surface area contributed by atoms with Gasteiger partial charge in [-0.15, -0.1) is 11.8 Å². The fourth-order valence-electron chi connectivity index (χ4n) is 2.92. The number of carbonyl (C=O) groups is 3. The highest BCUT2D eigenvalue weighted by atomic mass is 35.5. The molecule has 8 heteroatoms. The van der Waals surface area contributed by atoms with E-state index in [-0.39, 0.29) is 36.0 Å². The molecule has 2 N–H and O–H groups in total. The van der Waals surface area contributed by atoms with Crippen molar-refractivity contribution in [3.8, 4) is 0 Å². The number of thioether (sulfide) groups is 1. The molecule has 0 unspecified atom stereocenters. The first kappa shape index (κ1) is 21.6. The third kappa shape index (κ3) is 8.22. The maximum absolute atomic E-state index is 11.9. The molecular weight excluding hydrogens is 388 g/mol. The van der Waals surface area contributed by atoms with Gasteiger partial charge in [0.15, 0.2) is 6.61 Å². The third-order valence-electron chi connectivity index (χ3n) is 4.40. The normalized spacial score (nSPS) is 19.2. The molecular formula is C19H25ClN2O4S. The van der Waals surface area contributed by atoms with E-state index in [1.54, 1.807) is 24.3 Å². The fourth-order valence-corrected chi connectivity index (χ4v) is 3.66. The summed E-state index contributed by atoms with van der Waals surface area (Å²) in [6, 6.07) is 6.92. The van der Waals surface area contributed by atoms with Crippen molar-refractivity contribution in [2.45, 2.75) is 38.6 Å². The second-order valence-electron chi connectivity index (χ2n) is 6.64. The molecule has 0 saturated heterocycles. The van der Waals surface area contributed by atoms with E-state index in [0.717, 1.165) is 31.0 Å². The van der Waals surface area contributed by atoms with Crippen LogP contribution in [0.4, 0.5) is 5.69 Å². The number of halogens is 1. The van der Waals surface area contributed by atoms with Crippen LogP contribution in [0.5, 0.6) is 0 Å². The monoisotopic (exact) mass is 412 g/mol. The van der Waals surface area contributed by atoms with Crippen molar-refractivity contribution in [3.63, 3.8) is 0 Å². The van der Waals surface area contributed by atoms with E-state index in [1.165, 1.54) is 6.42 Å². The summed E-state index contributed by atoms with van der Waals surface area (Å²) in [4.78, 5) is 35.4. The van der Waals surface area contributed by atoms with Crippen LogP contribution in [-0.2, 0) is 19.1 Å². The zero-order valence-electron chi connectivity index (χ0n) is 15.3. The van der Waals surface area contributed by atoms with Crippen molar-refractivity contribution in [1.29, 1.82) is 0 Å². The average molecular weight is 413 g/mol. The summed E-state index contributed by atoms with van der Waals surface area (Å²) < 4.78 is 4.98. The quantitative estimate of drug-likeness (QED) is 0.640. The number of nitrogens with one attached hydrogen (secondary N) is 2. The number of carbonyl (C=O) groups excluding carboxylic acids is 3. The molecule has 0 spiro atoms. The molecule has 1 fully saturated rings. The highest BCUT2D eigenvalue weighted by Crippen LogP contribution is 2.23. The zero-order valence-corrected chi connectivity index (χ0v) is 16.9. The molecule has 27 heavy (non-hydrogen) atoms. The van der Waals surface area contributed by atoms with Gasteiger partial charge < -0.3 is 15.4 Å². The Bertz CT molecular complexity index is 654. The lowest BCUT2D eigenvalue weighted by atomic mass is 9.86. The van der Waals surface area contributed by atoms with Crippen LogP contribution in [0, 0.1) is 5.92 Å². The largest absolute Gasteiger partial charge is 0.455 e. The molecule has 1 aliphatic rings. The summed E-state index contributed by atoms with van der Waals surface area (Å²) in [7, 11) is 0. The fraction of sp³-hybridized carbons (Fsp3) is 0.526. The van der Waals surface area contributed by atoms with Crippen LogP contribution in [0.1, 0.15) is 32.6 Å². The van der Waals surface area contributed by atoms with Gasteiger partial charge in [0.25, 0.3) is 5.91 Å². The molecule has 148 valence electrons. The number of amides is 2. The highest BCUT2D eigenvalue weighted by molar-refractivity contribution is 8.00. The molecule has 2 atom stereocenters. The van der Waals surface area contributed by atoms with Crippen molar-refractivity contribution in [2.75, 3.05) is 23.4 Å². The summed E-state index contributed by atoms with van der Waals surface area (Å²) in [6.07, 6.45) is 4.40.